The van der Waals surface area contributed by atoms with Crippen LogP contribution < -0.4 is 21.3 Å². The van der Waals surface area contributed by atoms with Gasteiger partial charge in [-0.05, 0) is 153 Å². The average molecular weight is 1220 g/mol. The standard InChI is InChI=1S/C26H25ClF3N3O5S2.C25H23ClF3N3O5S2/c27-20-9-7-19(8-10-20)25(34)31-17-18-3-1-6-24(15-18)40(37,38)33-13-11-21(12-14-33)32-22-4-2-5-23(16-22)39(35,36)26(28,29)30;26-18-6-4-17(5-7-18)24(33)31-19-8-10-22(11-9-19)39(36,37)32-14-12-20(13-15-32)30-21-2-1-3-23(16-21)38(34,35)25(27,28)29/h1-10,15-16,21,32H,11-14,17H2,(H,31,34);1-11,16,20,30H,12-15H2,(H,31,33). The maximum atomic E-state index is 13.3. The van der Waals surface area contributed by atoms with E-state index in [9.17, 15) is 69.6 Å². The van der Waals surface area contributed by atoms with Crippen molar-refractivity contribution in [1.82, 2.24) is 13.9 Å². The quantitative estimate of drug-likeness (QED) is 0.0705. The Hall–Kier alpha value is -6.26. The van der Waals surface area contributed by atoms with Crippen molar-refractivity contribution in [2.24, 2.45) is 0 Å². The van der Waals surface area contributed by atoms with Gasteiger partial charge in [0.25, 0.3) is 31.5 Å². The number of piperidine rings is 2. The highest BCUT2D eigenvalue weighted by Crippen LogP contribution is 2.34. The number of alkyl halides is 6. The fraction of sp³-hybridized carbons (Fsp3) is 0.255. The van der Waals surface area contributed by atoms with Gasteiger partial charge in [-0.2, -0.15) is 35.0 Å². The number of sulfonamides is 2. The largest absolute Gasteiger partial charge is 0.501 e. The van der Waals surface area contributed by atoms with Gasteiger partial charge in [0.1, 0.15) is 0 Å². The van der Waals surface area contributed by atoms with Crippen molar-refractivity contribution in [3.63, 3.8) is 0 Å². The first-order valence-electron chi connectivity index (χ1n) is 23.7. The van der Waals surface area contributed by atoms with Crippen LogP contribution in [0.1, 0.15) is 52.0 Å². The molecule has 0 saturated carbocycles. The van der Waals surface area contributed by atoms with Crippen LogP contribution in [-0.2, 0) is 46.3 Å². The summed E-state index contributed by atoms with van der Waals surface area (Å²) in [5, 5.41) is 12.4. The van der Waals surface area contributed by atoms with Gasteiger partial charge in [-0.3, -0.25) is 9.59 Å². The lowest BCUT2D eigenvalue weighted by Crippen LogP contribution is -2.42. The van der Waals surface area contributed by atoms with Crippen LogP contribution in [0.3, 0.4) is 0 Å². The van der Waals surface area contributed by atoms with Gasteiger partial charge in [-0.15, -0.1) is 0 Å². The van der Waals surface area contributed by atoms with Crippen molar-refractivity contribution in [3.8, 4) is 0 Å². The third-order valence-electron chi connectivity index (χ3n) is 12.5. The van der Waals surface area contributed by atoms with Crippen molar-refractivity contribution in [2.45, 2.75) is 74.9 Å². The molecule has 0 radical (unpaired) electrons. The summed E-state index contributed by atoms with van der Waals surface area (Å²) in [5.74, 6) is -0.709. The van der Waals surface area contributed by atoms with E-state index >= 15 is 0 Å². The molecule has 2 amide bonds. The lowest BCUT2D eigenvalue weighted by molar-refractivity contribution is -0.0442. The number of halogens is 8. The Balaban J connectivity index is 0.000000229. The molecule has 0 spiro atoms. The molecular formula is C51H48Cl2F6N6O10S4. The summed E-state index contributed by atoms with van der Waals surface area (Å²) in [6, 6.07) is 33.0. The molecule has 6 aromatic rings. The van der Waals surface area contributed by atoms with Crippen molar-refractivity contribution in [1.29, 1.82) is 0 Å². The molecule has 4 N–H and O–H groups in total. The number of nitrogens with one attached hydrogen (secondary N) is 4. The van der Waals surface area contributed by atoms with Crippen LogP contribution in [0.25, 0.3) is 0 Å². The Morgan fingerprint density at radius 2 is 0.861 bits per heavy atom. The van der Waals surface area contributed by atoms with Crippen molar-refractivity contribution >= 4 is 91.8 Å². The number of rotatable bonds is 15. The molecule has 2 heterocycles. The molecule has 0 atom stereocenters. The van der Waals surface area contributed by atoms with E-state index in [0.29, 0.717) is 58.1 Å². The molecule has 28 heteroatoms. The first-order valence-corrected chi connectivity index (χ1v) is 30.3. The van der Waals surface area contributed by atoms with Gasteiger partial charge in [0.2, 0.25) is 20.0 Å². The fourth-order valence-electron chi connectivity index (χ4n) is 8.24. The number of amides is 2. The van der Waals surface area contributed by atoms with Gasteiger partial charge in [0.15, 0.2) is 0 Å². The van der Waals surface area contributed by atoms with Crippen LogP contribution in [-0.4, -0.2) is 103 Å². The Kier molecular flexibility index (Phi) is 18.8. The monoisotopic (exact) mass is 1220 g/mol. The van der Waals surface area contributed by atoms with Gasteiger partial charge in [0, 0.05) is 83.0 Å². The number of hydrogen-bond donors (Lipinski definition) is 4. The molecule has 422 valence electrons. The van der Waals surface area contributed by atoms with Crippen LogP contribution in [0.5, 0.6) is 0 Å². The highest BCUT2D eigenvalue weighted by atomic mass is 35.5. The Labute approximate surface area is 462 Å². The molecule has 6 aromatic carbocycles. The molecule has 2 fully saturated rings. The summed E-state index contributed by atoms with van der Waals surface area (Å²) in [6.07, 6.45) is 1.41. The van der Waals surface area contributed by atoms with Crippen LogP contribution in [0, 0.1) is 0 Å². The predicted molar refractivity (Wildman–Crippen MR) is 285 cm³/mol. The SMILES string of the molecule is O=C(NCc1cccc(S(=O)(=O)N2CCC(Nc3cccc(S(=O)(=O)C(F)(F)F)c3)CC2)c1)c1ccc(Cl)cc1.O=C(Nc1ccc(S(=O)(=O)N2CCC(Nc3cccc(S(=O)(=O)C(F)(F)F)c3)CC2)cc1)c1ccc(Cl)cc1. The van der Waals surface area contributed by atoms with E-state index in [1.807, 2.05) is 0 Å². The third kappa shape index (κ3) is 15.0. The second-order valence-electron chi connectivity index (χ2n) is 17.9. The predicted octanol–water partition coefficient (Wildman–Crippen LogP) is 9.98. The molecule has 0 bridgehead atoms. The number of sulfone groups is 2. The normalized spacial score (nSPS) is 15.5. The zero-order chi connectivity index (χ0) is 57.6. The maximum Gasteiger partial charge on any atom is 0.501 e. The molecular weight excluding hydrogens is 1170 g/mol. The lowest BCUT2D eigenvalue weighted by atomic mass is 10.1. The van der Waals surface area contributed by atoms with Crippen LogP contribution in [0.4, 0.5) is 43.4 Å². The second-order valence-corrected chi connectivity index (χ2v) is 26.6. The minimum atomic E-state index is -5.48. The molecule has 0 aromatic heterocycles. The number of hydrogen-bond acceptors (Lipinski definition) is 12. The van der Waals surface area contributed by atoms with Crippen molar-refractivity contribution < 1.29 is 69.6 Å². The summed E-state index contributed by atoms with van der Waals surface area (Å²) in [4.78, 5) is 23.1. The molecule has 0 unspecified atom stereocenters. The van der Waals surface area contributed by atoms with Crippen molar-refractivity contribution in [3.05, 3.63) is 172 Å². The fourth-order valence-corrected chi connectivity index (χ4v) is 13.1. The number of carbonyl (C=O) groups excluding carboxylic acids is 2. The number of carbonyl (C=O) groups is 2. The lowest BCUT2D eigenvalue weighted by Gasteiger charge is -2.32. The van der Waals surface area contributed by atoms with E-state index in [0.717, 1.165) is 24.3 Å². The van der Waals surface area contributed by atoms with Gasteiger partial charge < -0.3 is 21.3 Å². The molecule has 8 rings (SSSR count). The second kappa shape index (κ2) is 24.6. The highest BCUT2D eigenvalue weighted by Gasteiger charge is 2.48. The molecule has 2 aliphatic rings. The molecule has 2 aliphatic heterocycles. The first-order chi connectivity index (χ1) is 37.0. The molecule has 79 heavy (non-hydrogen) atoms. The maximum absolute atomic E-state index is 13.3. The van der Waals surface area contributed by atoms with E-state index < -0.39 is 60.5 Å². The van der Waals surface area contributed by atoms with Gasteiger partial charge >= 0.3 is 11.0 Å². The van der Waals surface area contributed by atoms with E-state index in [4.69, 9.17) is 23.2 Å². The van der Waals surface area contributed by atoms with Gasteiger partial charge in [-0.25, -0.2) is 33.7 Å². The minimum Gasteiger partial charge on any atom is -0.382 e. The van der Waals surface area contributed by atoms with E-state index in [-0.39, 0.29) is 77.8 Å². The molecule has 2 saturated heterocycles. The van der Waals surface area contributed by atoms with Crippen LogP contribution >= 0.6 is 23.2 Å². The van der Waals surface area contributed by atoms with Crippen LogP contribution in [0.15, 0.2) is 165 Å². The topological polar surface area (TPSA) is 225 Å². The molecule has 0 aliphatic carbocycles. The highest BCUT2D eigenvalue weighted by molar-refractivity contribution is 7.92. The zero-order valence-corrected chi connectivity index (χ0v) is 45.8. The number of benzene rings is 6. The summed E-state index contributed by atoms with van der Waals surface area (Å²) >= 11 is 11.7. The summed E-state index contributed by atoms with van der Waals surface area (Å²) in [5.41, 5.74) is -8.63. The van der Waals surface area contributed by atoms with E-state index in [2.05, 4.69) is 21.3 Å². The minimum absolute atomic E-state index is 0.0449. The Bertz CT molecular complexity index is 3620. The van der Waals surface area contributed by atoms with Gasteiger partial charge in [-0.1, -0.05) is 47.5 Å². The number of anilines is 3. The van der Waals surface area contributed by atoms with E-state index in [1.54, 1.807) is 60.7 Å². The zero-order valence-electron chi connectivity index (χ0n) is 41.0. The van der Waals surface area contributed by atoms with Gasteiger partial charge in [0.05, 0.1) is 19.6 Å². The van der Waals surface area contributed by atoms with E-state index in [1.165, 1.54) is 69.3 Å². The number of nitrogens with zero attached hydrogens (tertiary/aromatic N) is 2. The summed E-state index contributed by atoms with van der Waals surface area (Å²) in [7, 11) is -18.6. The summed E-state index contributed by atoms with van der Waals surface area (Å²) < 4.78 is 180. The Morgan fingerprint density at radius 3 is 1.29 bits per heavy atom. The Morgan fingerprint density at radius 1 is 0.468 bits per heavy atom. The van der Waals surface area contributed by atoms with Crippen LogP contribution in [0.2, 0.25) is 10.0 Å². The third-order valence-corrected chi connectivity index (χ3v) is 19.8. The van der Waals surface area contributed by atoms with Crippen molar-refractivity contribution in [2.75, 3.05) is 42.1 Å². The smallest absolute Gasteiger partial charge is 0.382 e. The summed E-state index contributed by atoms with van der Waals surface area (Å²) in [6.45, 7) is 0.710. The molecule has 16 nitrogen and oxygen atoms in total. The first kappa shape index (κ1) is 60.4. The average Bonchev–Trinajstić information content (AvgIpc) is 3.42.